The Morgan fingerprint density at radius 1 is 1.42 bits per heavy atom. The summed E-state index contributed by atoms with van der Waals surface area (Å²) in [5, 5.41) is 3.48. The minimum absolute atomic E-state index is 0.567. The first-order valence-electron chi connectivity index (χ1n) is 7.13. The maximum Gasteiger partial charge on any atom is 0.142 e. The number of anilines is 1. The molecule has 0 aromatic heterocycles. The molecule has 0 bridgehead atoms. The third-order valence-electron chi connectivity index (χ3n) is 3.81. The Morgan fingerprint density at radius 2 is 2.32 bits per heavy atom. The van der Waals surface area contributed by atoms with Crippen LogP contribution < -0.4 is 15.0 Å². The molecule has 19 heavy (non-hydrogen) atoms. The fraction of sp³-hybridized carbons (Fsp3) is 0.500. The zero-order chi connectivity index (χ0) is 13.2. The summed E-state index contributed by atoms with van der Waals surface area (Å²) < 4.78 is 5.91. The predicted octanol–water partition coefficient (Wildman–Crippen LogP) is 2.67. The zero-order valence-electron chi connectivity index (χ0n) is 11.8. The smallest absolute Gasteiger partial charge is 0.142 e. The van der Waals surface area contributed by atoms with Crippen LogP contribution in [0.4, 0.5) is 5.69 Å². The molecule has 0 aliphatic carbocycles. The van der Waals surface area contributed by atoms with Crippen molar-refractivity contribution in [1.29, 1.82) is 0 Å². The van der Waals surface area contributed by atoms with Crippen molar-refractivity contribution in [3.8, 4) is 5.75 Å². The van der Waals surface area contributed by atoms with Gasteiger partial charge in [0.25, 0.3) is 0 Å². The van der Waals surface area contributed by atoms with Crippen LogP contribution in [0.5, 0.6) is 5.75 Å². The highest BCUT2D eigenvalue weighted by Gasteiger charge is 2.27. The van der Waals surface area contributed by atoms with Crippen molar-refractivity contribution >= 4 is 11.8 Å². The number of hydrogen-bond donors (Lipinski definition) is 1. The number of fused-ring (bicyclic) bond motifs is 3. The Hall–Kier alpha value is -1.48. The number of ether oxygens (including phenoxy) is 1. The Labute approximate surface area is 115 Å². The number of piperazine rings is 1. The van der Waals surface area contributed by atoms with Gasteiger partial charge in [-0.1, -0.05) is 17.7 Å². The van der Waals surface area contributed by atoms with Gasteiger partial charge < -0.3 is 15.0 Å². The number of allylic oxidation sites excluding steroid dienone is 1. The molecule has 0 saturated carbocycles. The molecule has 1 saturated heterocycles. The van der Waals surface area contributed by atoms with Gasteiger partial charge in [-0.3, -0.25) is 0 Å². The molecule has 1 atom stereocenters. The second-order valence-corrected chi connectivity index (χ2v) is 5.64. The van der Waals surface area contributed by atoms with Crippen LogP contribution in [-0.2, 0) is 0 Å². The van der Waals surface area contributed by atoms with E-state index in [0.717, 1.165) is 38.4 Å². The molecule has 1 aromatic rings. The molecule has 3 heteroatoms. The van der Waals surface area contributed by atoms with Crippen LogP contribution in [0.2, 0.25) is 0 Å². The normalized spacial score (nSPS) is 21.8. The van der Waals surface area contributed by atoms with E-state index in [4.69, 9.17) is 4.74 Å². The molecule has 1 unspecified atom stereocenters. The monoisotopic (exact) mass is 258 g/mol. The maximum absolute atomic E-state index is 5.91. The van der Waals surface area contributed by atoms with Gasteiger partial charge in [-0.2, -0.15) is 0 Å². The van der Waals surface area contributed by atoms with E-state index >= 15 is 0 Å². The zero-order valence-corrected chi connectivity index (χ0v) is 11.8. The summed E-state index contributed by atoms with van der Waals surface area (Å²) >= 11 is 0. The van der Waals surface area contributed by atoms with Crippen molar-refractivity contribution < 1.29 is 4.74 Å². The molecule has 1 N–H and O–H groups in total. The van der Waals surface area contributed by atoms with Gasteiger partial charge in [-0.15, -0.1) is 0 Å². The van der Waals surface area contributed by atoms with Gasteiger partial charge in [0.05, 0.1) is 12.3 Å². The van der Waals surface area contributed by atoms with Gasteiger partial charge in [0.15, 0.2) is 0 Å². The number of hydrogen-bond acceptors (Lipinski definition) is 3. The first-order valence-corrected chi connectivity index (χ1v) is 7.13. The van der Waals surface area contributed by atoms with Gasteiger partial charge in [0, 0.05) is 32.1 Å². The number of rotatable bonds is 1. The molecule has 1 fully saturated rings. The number of nitrogens with zero attached hydrogens (tertiary/aromatic N) is 1. The average Bonchev–Trinajstić information content (AvgIpc) is 2.57. The van der Waals surface area contributed by atoms with Crippen LogP contribution in [0.1, 0.15) is 25.8 Å². The highest BCUT2D eigenvalue weighted by Crippen LogP contribution is 2.35. The summed E-state index contributed by atoms with van der Waals surface area (Å²) in [5.41, 5.74) is 3.85. The molecule has 1 aromatic carbocycles. The molecule has 3 nitrogen and oxygen atoms in total. The van der Waals surface area contributed by atoms with Crippen molar-refractivity contribution in [2.24, 2.45) is 0 Å². The average molecular weight is 258 g/mol. The number of benzene rings is 1. The van der Waals surface area contributed by atoms with Gasteiger partial charge >= 0.3 is 0 Å². The molecule has 0 amide bonds. The molecular weight excluding hydrogens is 236 g/mol. The minimum Gasteiger partial charge on any atom is -0.491 e. The van der Waals surface area contributed by atoms with Crippen molar-refractivity contribution in [2.45, 2.75) is 26.3 Å². The second kappa shape index (κ2) is 5.25. The molecule has 0 spiro atoms. The Kier molecular flexibility index (Phi) is 3.47. The summed E-state index contributed by atoms with van der Waals surface area (Å²) in [6, 6.07) is 7.10. The Bertz CT molecular complexity index is 492. The SMILES string of the molecule is CC(C)=Cc1ccc2c(c1)N1CCNCC1CCO2. The lowest BCUT2D eigenvalue weighted by molar-refractivity contribution is 0.304. The molecule has 3 rings (SSSR count). The van der Waals surface area contributed by atoms with E-state index < -0.39 is 0 Å². The standard InChI is InChI=1S/C16H22N2O/c1-12(2)9-13-3-4-16-15(10-13)18-7-6-17-11-14(18)5-8-19-16/h3-4,9-10,14,17H,5-8,11H2,1-2H3. The van der Waals surface area contributed by atoms with Crippen LogP contribution in [0.25, 0.3) is 6.08 Å². The van der Waals surface area contributed by atoms with E-state index in [1.54, 1.807) is 0 Å². The Balaban J connectivity index is 2.00. The van der Waals surface area contributed by atoms with Crippen LogP contribution in [0.15, 0.2) is 23.8 Å². The van der Waals surface area contributed by atoms with E-state index in [0.29, 0.717) is 6.04 Å². The quantitative estimate of drug-likeness (QED) is 0.838. The number of nitrogens with one attached hydrogen (secondary N) is 1. The van der Waals surface area contributed by atoms with E-state index in [9.17, 15) is 0 Å². The van der Waals surface area contributed by atoms with Gasteiger partial charge in [0.1, 0.15) is 5.75 Å². The van der Waals surface area contributed by atoms with Crippen molar-refractivity contribution in [2.75, 3.05) is 31.1 Å². The third kappa shape index (κ3) is 2.61. The fourth-order valence-electron chi connectivity index (χ4n) is 2.94. The first kappa shape index (κ1) is 12.5. The van der Waals surface area contributed by atoms with Crippen molar-refractivity contribution in [3.63, 3.8) is 0 Å². The lowest BCUT2D eigenvalue weighted by Crippen LogP contribution is -2.51. The highest BCUT2D eigenvalue weighted by molar-refractivity contribution is 5.67. The Morgan fingerprint density at radius 3 is 3.16 bits per heavy atom. The van der Waals surface area contributed by atoms with Crippen LogP contribution >= 0.6 is 0 Å². The summed E-state index contributed by atoms with van der Waals surface area (Å²) in [5.74, 6) is 1.04. The summed E-state index contributed by atoms with van der Waals surface area (Å²) in [7, 11) is 0. The largest absolute Gasteiger partial charge is 0.491 e. The predicted molar refractivity (Wildman–Crippen MR) is 79.9 cm³/mol. The minimum atomic E-state index is 0.567. The molecular formula is C16H22N2O. The van der Waals surface area contributed by atoms with Crippen molar-refractivity contribution in [1.82, 2.24) is 5.32 Å². The second-order valence-electron chi connectivity index (χ2n) is 5.64. The van der Waals surface area contributed by atoms with Gasteiger partial charge in [-0.25, -0.2) is 0 Å². The van der Waals surface area contributed by atoms with Crippen LogP contribution in [0.3, 0.4) is 0 Å². The highest BCUT2D eigenvalue weighted by atomic mass is 16.5. The summed E-state index contributed by atoms with van der Waals surface area (Å²) in [6.45, 7) is 8.28. The topological polar surface area (TPSA) is 24.5 Å². The van der Waals surface area contributed by atoms with E-state index in [1.165, 1.54) is 16.8 Å². The molecule has 2 aliphatic heterocycles. The van der Waals surface area contributed by atoms with Gasteiger partial charge in [0.2, 0.25) is 0 Å². The molecule has 2 aliphatic rings. The summed E-state index contributed by atoms with van der Waals surface area (Å²) in [4.78, 5) is 2.52. The maximum atomic E-state index is 5.91. The first-order chi connectivity index (χ1) is 9.24. The third-order valence-corrected chi connectivity index (χ3v) is 3.81. The summed E-state index contributed by atoms with van der Waals surface area (Å²) in [6.07, 6.45) is 3.32. The van der Waals surface area contributed by atoms with E-state index in [1.807, 2.05) is 0 Å². The van der Waals surface area contributed by atoms with Gasteiger partial charge in [-0.05, 0) is 31.5 Å². The van der Waals surface area contributed by atoms with Crippen molar-refractivity contribution in [3.05, 3.63) is 29.3 Å². The van der Waals surface area contributed by atoms with E-state index in [-0.39, 0.29) is 0 Å². The molecule has 2 heterocycles. The van der Waals surface area contributed by atoms with Crippen LogP contribution in [-0.4, -0.2) is 32.3 Å². The van der Waals surface area contributed by atoms with E-state index in [2.05, 4.69) is 48.3 Å². The lowest BCUT2D eigenvalue weighted by atomic mass is 10.1. The molecule has 0 radical (unpaired) electrons. The van der Waals surface area contributed by atoms with Crippen LogP contribution in [0, 0.1) is 0 Å². The fourth-order valence-corrected chi connectivity index (χ4v) is 2.94. The lowest BCUT2D eigenvalue weighted by Gasteiger charge is -2.36. The molecule has 102 valence electrons.